The van der Waals surface area contributed by atoms with Gasteiger partial charge in [0.15, 0.2) is 5.82 Å². The van der Waals surface area contributed by atoms with Crippen LogP contribution in [0.1, 0.15) is 30.5 Å². The van der Waals surface area contributed by atoms with Crippen LogP contribution in [-0.2, 0) is 11.3 Å². The molecule has 112 valence electrons. The van der Waals surface area contributed by atoms with Gasteiger partial charge in [-0.3, -0.25) is 4.79 Å². The molecule has 6 nitrogen and oxygen atoms in total. The molecular weight excluding hydrogens is 268 g/mol. The Kier molecular flexibility index (Phi) is 3.80. The molecule has 0 amide bonds. The monoisotopic (exact) mass is 288 g/mol. The Bertz CT molecular complexity index is 666. The van der Waals surface area contributed by atoms with E-state index in [1.807, 2.05) is 20.8 Å². The van der Waals surface area contributed by atoms with Crippen LogP contribution in [0.25, 0.3) is 11.4 Å². The molecular formula is C15H20N4O2. The summed E-state index contributed by atoms with van der Waals surface area (Å²) < 4.78 is 1.57. The molecule has 0 aliphatic carbocycles. The molecule has 0 saturated carbocycles. The first-order valence-electron chi connectivity index (χ1n) is 6.80. The lowest BCUT2D eigenvalue weighted by Gasteiger charge is -2.20. The Balaban J connectivity index is 2.49. The second-order valence-electron chi connectivity index (χ2n) is 6.12. The molecule has 1 heterocycles. The Morgan fingerprint density at radius 1 is 1.24 bits per heavy atom. The summed E-state index contributed by atoms with van der Waals surface area (Å²) in [5.41, 5.74) is 3.37. The molecule has 1 aromatic carbocycles. The highest BCUT2D eigenvalue weighted by molar-refractivity contribution is 5.73. The van der Waals surface area contributed by atoms with Gasteiger partial charge >= 0.3 is 5.97 Å². The van der Waals surface area contributed by atoms with Crippen LogP contribution in [0.3, 0.4) is 0 Å². The molecule has 1 aromatic heterocycles. The van der Waals surface area contributed by atoms with E-state index in [9.17, 15) is 9.90 Å². The number of tetrazole rings is 1. The van der Waals surface area contributed by atoms with Gasteiger partial charge in [-0.1, -0.05) is 17.7 Å². The van der Waals surface area contributed by atoms with Crippen molar-refractivity contribution in [1.29, 1.82) is 0 Å². The maximum atomic E-state index is 11.3. The zero-order valence-electron chi connectivity index (χ0n) is 13.0. The van der Waals surface area contributed by atoms with Gasteiger partial charge in [0, 0.05) is 5.56 Å². The number of nitrogens with zero attached hydrogens (tertiary/aromatic N) is 4. The normalized spacial score (nSPS) is 11.7. The minimum absolute atomic E-state index is 0.220. The number of aromatic nitrogens is 4. The maximum Gasteiger partial charge on any atom is 0.310 e. The van der Waals surface area contributed by atoms with Crippen LogP contribution in [0.4, 0.5) is 0 Å². The summed E-state index contributed by atoms with van der Waals surface area (Å²) in [4.78, 5) is 11.3. The van der Waals surface area contributed by atoms with E-state index in [0.717, 1.165) is 16.7 Å². The topological polar surface area (TPSA) is 80.9 Å². The lowest BCUT2D eigenvalue weighted by Crippen LogP contribution is -2.30. The number of hydrogen-bond acceptors (Lipinski definition) is 4. The summed E-state index contributed by atoms with van der Waals surface area (Å²) in [6, 6.07) is 4.15. The Labute approximate surface area is 123 Å². The molecule has 21 heavy (non-hydrogen) atoms. The van der Waals surface area contributed by atoms with Crippen molar-refractivity contribution in [2.24, 2.45) is 5.41 Å². The Morgan fingerprint density at radius 2 is 1.81 bits per heavy atom. The minimum atomic E-state index is -0.934. The predicted octanol–water partition coefficient (Wildman–Crippen LogP) is 2.38. The van der Waals surface area contributed by atoms with E-state index in [1.54, 1.807) is 18.5 Å². The van der Waals surface area contributed by atoms with E-state index in [0.29, 0.717) is 5.82 Å². The average molecular weight is 288 g/mol. The first-order chi connectivity index (χ1) is 9.72. The average Bonchev–Trinajstić information content (AvgIpc) is 2.75. The van der Waals surface area contributed by atoms with Crippen molar-refractivity contribution < 1.29 is 9.90 Å². The van der Waals surface area contributed by atoms with Crippen LogP contribution >= 0.6 is 0 Å². The minimum Gasteiger partial charge on any atom is -0.481 e. The van der Waals surface area contributed by atoms with Gasteiger partial charge < -0.3 is 5.11 Å². The summed E-state index contributed by atoms with van der Waals surface area (Å²) in [6.45, 7) is 9.61. The number of aryl methyl sites for hydroxylation is 3. The van der Waals surface area contributed by atoms with Gasteiger partial charge in [0.05, 0.1) is 12.0 Å². The zero-order chi connectivity index (χ0) is 15.8. The van der Waals surface area contributed by atoms with Crippen molar-refractivity contribution in [2.75, 3.05) is 0 Å². The standard InChI is InChI=1S/C15H20N4O2/c1-9-6-10(2)12(11(3)7-9)13-16-17-18-19(13)8-15(4,5)14(20)21/h6-7H,8H2,1-5H3,(H,20,21). The van der Waals surface area contributed by atoms with Crippen molar-refractivity contribution in [3.8, 4) is 11.4 Å². The van der Waals surface area contributed by atoms with Crippen molar-refractivity contribution in [3.63, 3.8) is 0 Å². The number of carbonyl (C=O) groups is 1. The van der Waals surface area contributed by atoms with E-state index >= 15 is 0 Å². The molecule has 6 heteroatoms. The first-order valence-corrected chi connectivity index (χ1v) is 6.80. The quantitative estimate of drug-likeness (QED) is 0.934. The van der Waals surface area contributed by atoms with Crippen LogP contribution in [0.2, 0.25) is 0 Å². The Hall–Kier alpha value is -2.24. The number of carboxylic acids is 1. The van der Waals surface area contributed by atoms with E-state index in [-0.39, 0.29) is 6.54 Å². The van der Waals surface area contributed by atoms with Crippen molar-refractivity contribution >= 4 is 5.97 Å². The molecule has 1 N–H and O–H groups in total. The molecule has 0 spiro atoms. The van der Waals surface area contributed by atoms with Gasteiger partial charge in [0.1, 0.15) is 0 Å². The molecule has 0 radical (unpaired) electrons. The molecule has 2 rings (SSSR count). The van der Waals surface area contributed by atoms with Gasteiger partial charge in [-0.15, -0.1) is 5.10 Å². The molecule has 0 atom stereocenters. The fraction of sp³-hybridized carbons (Fsp3) is 0.467. The third-order valence-electron chi connectivity index (χ3n) is 3.56. The van der Waals surface area contributed by atoms with Crippen LogP contribution in [-0.4, -0.2) is 31.3 Å². The van der Waals surface area contributed by atoms with Gasteiger partial charge in [-0.2, -0.15) is 0 Å². The number of carboxylic acid groups (broad SMARTS) is 1. The van der Waals surface area contributed by atoms with E-state index in [1.165, 1.54) is 5.56 Å². The molecule has 2 aromatic rings. The van der Waals surface area contributed by atoms with E-state index in [4.69, 9.17) is 0 Å². The van der Waals surface area contributed by atoms with Crippen molar-refractivity contribution in [3.05, 3.63) is 28.8 Å². The highest BCUT2D eigenvalue weighted by Gasteiger charge is 2.30. The molecule has 0 unspecified atom stereocenters. The zero-order valence-corrected chi connectivity index (χ0v) is 13.0. The van der Waals surface area contributed by atoms with Gasteiger partial charge in [-0.25, -0.2) is 4.68 Å². The molecule has 0 aliphatic rings. The number of rotatable bonds is 4. The fourth-order valence-electron chi connectivity index (χ4n) is 2.46. The van der Waals surface area contributed by atoms with Crippen LogP contribution < -0.4 is 0 Å². The van der Waals surface area contributed by atoms with Gasteiger partial charge in [0.25, 0.3) is 0 Å². The van der Waals surface area contributed by atoms with Crippen LogP contribution in [0.5, 0.6) is 0 Å². The maximum absolute atomic E-state index is 11.3. The number of hydrogen-bond donors (Lipinski definition) is 1. The number of aliphatic carboxylic acids is 1. The Morgan fingerprint density at radius 3 is 2.33 bits per heavy atom. The second kappa shape index (κ2) is 5.27. The molecule has 0 aliphatic heterocycles. The highest BCUT2D eigenvalue weighted by Crippen LogP contribution is 2.28. The van der Waals surface area contributed by atoms with Crippen LogP contribution in [0.15, 0.2) is 12.1 Å². The summed E-state index contributed by atoms with van der Waals surface area (Å²) in [7, 11) is 0. The summed E-state index contributed by atoms with van der Waals surface area (Å²) in [5, 5.41) is 21.0. The van der Waals surface area contributed by atoms with E-state index in [2.05, 4.69) is 27.7 Å². The van der Waals surface area contributed by atoms with E-state index < -0.39 is 11.4 Å². The van der Waals surface area contributed by atoms with Crippen molar-refractivity contribution in [2.45, 2.75) is 41.2 Å². The molecule has 0 fully saturated rings. The van der Waals surface area contributed by atoms with Gasteiger partial charge in [0.2, 0.25) is 0 Å². The third kappa shape index (κ3) is 2.94. The second-order valence-corrected chi connectivity index (χ2v) is 6.12. The largest absolute Gasteiger partial charge is 0.481 e. The molecule has 0 bridgehead atoms. The summed E-state index contributed by atoms with van der Waals surface area (Å²) in [5.74, 6) is -0.263. The number of benzene rings is 1. The highest BCUT2D eigenvalue weighted by atomic mass is 16.4. The summed E-state index contributed by atoms with van der Waals surface area (Å²) in [6.07, 6.45) is 0. The lowest BCUT2D eigenvalue weighted by atomic mass is 9.93. The predicted molar refractivity (Wildman–Crippen MR) is 78.9 cm³/mol. The van der Waals surface area contributed by atoms with Gasteiger partial charge in [-0.05, 0) is 56.2 Å². The lowest BCUT2D eigenvalue weighted by molar-refractivity contribution is -0.147. The van der Waals surface area contributed by atoms with Crippen LogP contribution in [0, 0.1) is 26.2 Å². The smallest absolute Gasteiger partial charge is 0.310 e. The van der Waals surface area contributed by atoms with Crippen molar-refractivity contribution in [1.82, 2.24) is 20.2 Å². The summed E-state index contributed by atoms with van der Waals surface area (Å²) >= 11 is 0. The SMILES string of the molecule is Cc1cc(C)c(-c2nnnn2CC(C)(C)C(=O)O)c(C)c1. The fourth-order valence-corrected chi connectivity index (χ4v) is 2.46. The first kappa shape index (κ1) is 15.2. The third-order valence-corrected chi connectivity index (χ3v) is 3.56. The molecule has 0 saturated heterocycles.